The lowest BCUT2D eigenvalue weighted by atomic mass is 10.1. The van der Waals surface area contributed by atoms with Crippen molar-refractivity contribution in [1.29, 1.82) is 0 Å². The first-order chi connectivity index (χ1) is 10.1. The molecule has 1 aromatic carbocycles. The number of hydrogen-bond donors (Lipinski definition) is 2. The predicted molar refractivity (Wildman–Crippen MR) is 85.9 cm³/mol. The van der Waals surface area contributed by atoms with Crippen LogP contribution in [0.1, 0.15) is 28.4 Å². The summed E-state index contributed by atoms with van der Waals surface area (Å²) in [5.74, 6) is -0.314. The summed E-state index contributed by atoms with van der Waals surface area (Å²) in [5, 5.41) is 7.74. The number of hydrogen-bond acceptors (Lipinski definition) is 3. The van der Waals surface area contributed by atoms with Crippen LogP contribution in [0.2, 0.25) is 0 Å². The molecule has 1 aromatic heterocycles. The van der Waals surface area contributed by atoms with Gasteiger partial charge in [-0.1, -0.05) is 31.2 Å². The largest absolute Gasteiger partial charge is 0.355 e. The van der Waals surface area contributed by atoms with Crippen molar-refractivity contribution in [2.45, 2.75) is 19.8 Å². The second-order valence-corrected chi connectivity index (χ2v) is 5.55. The summed E-state index contributed by atoms with van der Waals surface area (Å²) in [6.45, 7) is 2.10. The van der Waals surface area contributed by atoms with Crippen LogP contribution in [0.25, 0.3) is 0 Å². The molecular weight excluding hydrogens is 284 g/mol. The smallest absolute Gasteiger partial charge is 0.254 e. The second-order valence-electron chi connectivity index (χ2n) is 4.64. The molecule has 5 heteroatoms. The van der Waals surface area contributed by atoms with Crippen LogP contribution in [0.4, 0.5) is 5.00 Å². The molecule has 0 atom stereocenters. The maximum atomic E-state index is 12.1. The average Bonchev–Trinajstić information content (AvgIpc) is 2.95. The van der Waals surface area contributed by atoms with Crippen molar-refractivity contribution < 1.29 is 9.59 Å². The Morgan fingerprint density at radius 3 is 2.38 bits per heavy atom. The van der Waals surface area contributed by atoms with E-state index in [0.717, 1.165) is 12.0 Å². The van der Waals surface area contributed by atoms with Gasteiger partial charge in [0.1, 0.15) is 5.00 Å². The lowest BCUT2D eigenvalue weighted by Crippen LogP contribution is -2.20. The lowest BCUT2D eigenvalue weighted by Gasteiger charge is -2.06. The minimum atomic E-state index is -0.196. The highest BCUT2D eigenvalue weighted by atomic mass is 32.1. The molecule has 110 valence electrons. The lowest BCUT2D eigenvalue weighted by molar-refractivity contribution is -0.115. The van der Waals surface area contributed by atoms with Crippen LogP contribution in [0.15, 0.2) is 35.7 Å². The van der Waals surface area contributed by atoms with Gasteiger partial charge in [-0.15, -0.1) is 11.3 Å². The zero-order chi connectivity index (χ0) is 15.2. The van der Waals surface area contributed by atoms with E-state index in [1.165, 1.54) is 16.9 Å². The molecule has 2 aromatic rings. The Bertz CT molecular complexity index is 632. The van der Waals surface area contributed by atoms with Crippen LogP contribution >= 0.6 is 11.3 Å². The molecule has 0 unspecified atom stereocenters. The van der Waals surface area contributed by atoms with E-state index in [0.29, 0.717) is 17.0 Å². The molecule has 2 N–H and O–H groups in total. The topological polar surface area (TPSA) is 58.2 Å². The molecule has 0 aliphatic carbocycles. The number of carbonyl (C=O) groups is 2. The highest BCUT2D eigenvalue weighted by Gasteiger charge is 2.13. The van der Waals surface area contributed by atoms with E-state index in [2.05, 4.69) is 17.6 Å². The van der Waals surface area contributed by atoms with Crippen LogP contribution < -0.4 is 10.6 Å². The van der Waals surface area contributed by atoms with Gasteiger partial charge >= 0.3 is 0 Å². The van der Waals surface area contributed by atoms with E-state index in [1.54, 1.807) is 18.5 Å². The molecule has 0 radical (unpaired) electrons. The quantitative estimate of drug-likeness (QED) is 0.892. The Morgan fingerprint density at radius 1 is 1.10 bits per heavy atom. The number of anilines is 1. The van der Waals surface area contributed by atoms with E-state index in [4.69, 9.17) is 0 Å². The van der Waals surface area contributed by atoms with Crippen molar-refractivity contribution in [3.8, 4) is 0 Å². The van der Waals surface area contributed by atoms with Gasteiger partial charge < -0.3 is 10.6 Å². The van der Waals surface area contributed by atoms with Gasteiger partial charge in [-0.25, -0.2) is 0 Å². The first-order valence-corrected chi connectivity index (χ1v) is 7.69. The van der Waals surface area contributed by atoms with Gasteiger partial charge in [-0.2, -0.15) is 0 Å². The number of benzene rings is 1. The van der Waals surface area contributed by atoms with Crippen LogP contribution in [0, 0.1) is 0 Å². The molecule has 21 heavy (non-hydrogen) atoms. The SMILES string of the molecule is CCc1ccc(CC(=O)Nc2sccc2C(=O)NC)cc1. The van der Waals surface area contributed by atoms with Crippen molar-refractivity contribution in [1.82, 2.24) is 5.32 Å². The normalized spacial score (nSPS) is 10.2. The third-order valence-electron chi connectivity index (χ3n) is 3.19. The molecule has 1 heterocycles. The Balaban J connectivity index is 2.01. The number of carbonyl (C=O) groups excluding carboxylic acids is 2. The summed E-state index contributed by atoms with van der Waals surface area (Å²) in [5.41, 5.74) is 2.71. The molecular formula is C16H18N2O2S. The van der Waals surface area contributed by atoms with Crippen molar-refractivity contribution in [2.24, 2.45) is 0 Å². The highest BCUT2D eigenvalue weighted by molar-refractivity contribution is 7.14. The summed E-state index contributed by atoms with van der Waals surface area (Å²) >= 11 is 1.35. The predicted octanol–water partition coefficient (Wildman–Crippen LogP) is 2.85. The average molecular weight is 302 g/mol. The minimum Gasteiger partial charge on any atom is -0.355 e. The molecule has 0 aliphatic heterocycles. The summed E-state index contributed by atoms with van der Waals surface area (Å²) in [4.78, 5) is 23.7. The van der Waals surface area contributed by atoms with E-state index < -0.39 is 0 Å². The number of rotatable bonds is 5. The Hall–Kier alpha value is -2.14. The fraction of sp³-hybridized carbons (Fsp3) is 0.250. The van der Waals surface area contributed by atoms with Crippen LogP contribution in [0.3, 0.4) is 0 Å². The summed E-state index contributed by atoms with van der Waals surface area (Å²) in [6.07, 6.45) is 1.28. The first kappa shape index (κ1) is 15.3. The fourth-order valence-corrected chi connectivity index (χ4v) is 2.77. The van der Waals surface area contributed by atoms with Crippen molar-refractivity contribution in [2.75, 3.05) is 12.4 Å². The summed E-state index contributed by atoms with van der Waals surface area (Å²) in [7, 11) is 1.57. The van der Waals surface area contributed by atoms with Gasteiger partial charge in [0.2, 0.25) is 5.91 Å². The van der Waals surface area contributed by atoms with E-state index in [9.17, 15) is 9.59 Å². The van der Waals surface area contributed by atoms with Gasteiger partial charge in [-0.05, 0) is 29.0 Å². The molecule has 2 rings (SSSR count). The molecule has 0 saturated carbocycles. The van der Waals surface area contributed by atoms with Crippen LogP contribution in [-0.4, -0.2) is 18.9 Å². The number of thiophene rings is 1. The van der Waals surface area contributed by atoms with Gasteiger partial charge in [-0.3, -0.25) is 9.59 Å². The number of aryl methyl sites for hydroxylation is 1. The van der Waals surface area contributed by atoms with Crippen LogP contribution in [-0.2, 0) is 17.6 Å². The third-order valence-corrected chi connectivity index (χ3v) is 4.02. The maximum absolute atomic E-state index is 12.1. The van der Waals surface area contributed by atoms with Gasteiger partial charge in [0.05, 0.1) is 12.0 Å². The zero-order valence-electron chi connectivity index (χ0n) is 12.1. The molecule has 0 bridgehead atoms. The molecule has 0 aliphatic rings. The van der Waals surface area contributed by atoms with E-state index in [-0.39, 0.29) is 11.8 Å². The minimum absolute atomic E-state index is 0.119. The van der Waals surface area contributed by atoms with Gasteiger partial charge in [0.15, 0.2) is 0 Å². The van der Waals surface area contributed by atoms with Gasteiger partial charge in [0, 0.05) is 7.05 Å². The Labute approximate surface area is 128 Å². The highest BCUT2D eigenvalue weighted by Crippen LogP contribution is 2.23. The van der Waals surface area contributed by atoms with Crippen molar-refractivity contribution >= 4 is 28.2 Å². The number of amides is 2. The summed E-state index contributed by atoms with van der Waals surface area (Å²) < 4.78 is 0. The second kappa shape index (κ2) is 7.04. The van der Waals surface area contributed by atoms with E-state index >= 15 is 0 Å². The molecule has 0 spiro atoms. The standard InChI is InChI=1S/C16H18N2O2S/c1-3-11-4-6-12(7-5-11)10-14(19)18-16-13(8-9-21-16)15(20)17-2/h4-9H,3,10H2,1-2H3,(H,17,20)(H,18,19). The Morgan fingerprint density at radius 2 is 1.76 bits per heavy atom. The van der Waals surface area contributed by atoms with Crippen LogP contribution in [0.5, 0.6) is 0 Å². The molecule has 0 saturated heterocycles. The van der Waals surface area contributed by atoms with Crippen molar-refractivity contribution in [3.63, 3.8) is 0 Å². The molecule has 2 amide bonds. The first-order valence-electron chi connectivity index (χ1n) is 6.81. The molecule has 0 fully saturated rings. The summed E-state index contributed by atoms with van der Waals surface area (Å²) in [6, 6.07) is 9.70. The van der Waals surface area contributed by atoms with Crippen molar-refractivity contribution in [3.05, 3.63) is 52.4 Å². The fourth-order valence-electron chi connectivity index (χ4n) is 1.97. The Kier molecular flexibility index (Phi) is 5.11. The monoisotopic (exact) mass is 302 g/mol. The van der Waals surface area contributed by atoms with E-state index in [1.807, 2.05) is 24.3 Å². The third kappa shape index (κ3) is 3.92. The van der Waals surface area contributed by atoms with Gasteiger partial charge in [0.25, 0.3) is 5.91 Å². The zero-order valence-corrected chi connectivity index (χ0v) is 12.9. The number of nitrogens with one attached hydrogen (secondary N) is 2. The molecule has 4 nitrogen and oxygen atoms in total. The maximum Gasteiger partial charge on any atom is 0.254 e.